The quantitative estimate of drug-likeness (QED) is 0.764. The SMILES string of the molecule is Cc1ccc(NCC(=O)Nc2c(Cl)cccc2Cl)c(Br)c1. The van der Waals surface area contributed by atoms with E-state index in [1.54, 1.807) is 18.2 Å². The number of para-hydroxylation sites is 1. The number of anilines is 2. The second-order valence-electron chi connectivity index (χ2n) is 4.48. The van der Waals surface area contributed by atoms with Gasteiger partial charge in [0.15, 0.2) is 0 Å². The fourth-order valence-electron chi connectivity index (χ4n) is 1.74. The molecule has 6 heteroatoms. The van der Waals surface area contributed by atoms with Gasteiger partial charge in [-0.3, -0.25) is 4.79 Å². The average molecular weight is 388 g/mol. The molecule has 0 aliphatic heterocycles. The van der Waals surface area contributed by atoms with E-state index in [4.69, 9.17) is 23.2 Å². The maximum Gasteiger partial charge on any atom is 0.243 e. The molecule has 2 N–H and O–H groups in total. The molecule has 0 aliphatic carbocycles. The van der Waals surface area contributed by atoms with E-state index in [1.165, 1.54) is 0 Å². The van der Waals surface area contributed by atoms with Crippen LogP contribution in [0.15, 0.2) is 40.9 Å². The molecule has 21 heavy (non-hydrogen) atoms. The summed E-state index contributed by atoms with van der Waals surface area (Å²) in [7, 11) is 0. The summed E-state index contributed by atoms with van der Waals surface area (Å²) >= 11 is 15.5. The van der Waals surface area contributed by atoms with Crippen molar-refractivity contribution in [2.75, 3.05) is 17.2 Å². The Kier molecular flexibility index (Phi) is 5.51. The lowest BCUT2D eigenvalue weighted by Crippen LogP contribution is -2.22. The van der Waals surface area contributed by atoms with Crippen molar-refractivity contribution in [1.29, 1.82) is 0 Å². The number of amides is 1. The summed E-state index contributed by atoms with van der Waals surface area (Å²) in [6.45, 7) is 2.11. The fraction of sp³-hybridized carbons (Fsp3) is 0.133. The Morgan fingerprint density at radius 1 is 1.19 bits per heavy atom. The van der Waals surface area contributed by atoms with E-state index in [0.29, 0.717) is 15.7 Å². The molecular weight excluding hydrogens is 375 g/mol. The summed E-state index contributed by atoms with van der Waals surface area (Å²) in [5.41, 5.74) is 2.41. The van der Waals surface area contributed by atoms with Gasteiger partial charge >= 0.3 is 0 Å². The lowest BCUT2D eigenvalue weighted by atomic mass is 10.2. The maximum absolute atomic E-state index is 12.0. The highest BCUT2D eigenvalue weighted by Gasteiger charge is 2.10. The van der Waals surface area contributed by atoms with Crippen LogP contribution in [-0.4, -0.2) is 12.5 Å². The molecule has 0 spiro atoms. The molecule has 3 nitrogen and oxygen atoms in total. The molecule has 0 aromatic heterocycles. The molecule has 0 radical (unpaired) electrons. The molecule has 2 aromatic rings. The Bertz CT molecular complexity index is 656. The van der Waals surface area contributed by atoms with Crippen LogP contribution in [-0.2, 0) is 4.79 Å². The number of hydrogen-bond acceptors (Lipinski definition) is 2. The molecule has 0 unspecified atom stereocenters. The maximum atomic E-state index is 12.0. The smallest absolute Gasteiger partial charge is 0.243 e. The third-order valence-corrected chi connectivity index (χ3v) is 4.08. The number of hydrogen-bond donors (Lipinski definition) is 2. The first-order valence-electron chi connectivity index (χ1n) is 6.21. The van der Waals surface area contributed by atoms with Crippen molar-refractivity contribution in [1.82, 2.24) is 0 Å². The Labute approximate surface area is 141 Å². The van der Waals surface area contributed by atoms with Crippen molar-refractivity contribution in [2.24, 2.45) is 0 Å². The second kappa shape index (κ2) is 7.16. The van der Waals surface area contributed by atoms with Crippen molar-refractivity contribution in [2.45, 2.75) is 6.92 Å². The second-order valence-corrected chi connectivity index (χ2v) is 6.15. The summed E-state index contributed by atoms with van der Waals surface area (Å²) in [5, 5.41) is 6.57. The third kappa shape index (κ3) is 4.37. The number of carbonyl (C=O) groups excluding carboxylic acids is 1. The molecule has 0 saturated heterocycles. The van der Waals surface area contributed by atoms with Gasteiger partial charge in [-0.25, -0.2) is 0 Å². The van der Waals surface area contributed by atoms with Gasteiger partial charge in [0.1, 0.15) is 0 Å². The predicted octanol–water partition coefficient (Wildman–Crippen LogP) is 5.11. The summed E-state index contributed by atoms with van der Waals surface area (Å²) in [5.74, 6) is -0.225. The molecule has 0 atom stereocenters. The van der Waals surface area contributed by atoms with Crippen LogP contribution < -0.4 is 10.6 Å². The Morgan fingerprint density at radius 2 is 1.86 bits per heavy atom. The lowest BCUT2D eigenvalue weighted by Gasteiger charge is -2.11. The minimum Gasteiger partial charge on any atom is -0.375 e. The summed E-state index contributed by atoms with van der Waals surface area (Å²) in [4.78, 5) is 12.0. The normalized spacial score (nSPS) is 10.3. The largest absolute Gasteiger partial charge is 0.375 e. The molecule has 0 bridgehead atoms. The van der Waals surface area contributed by atoms with Crippen LogP contribution in [0, 0.1) is 6.92 Å². The monoisotopic (exact) mass is 386 g/mol. The van der Waals surface area contributed by atoms with Gasteiger partial charge in [0.05, 0.1) is 22.3 Å². The molecule has 0 heterocycles. The summed E-state index contributed by atoms with van der Waals surface area (Å²) in [6, 6.07) is 10.9. The van der Waals surface area contributed by atoms with Gasteiger partial charge in [-0.2, -0.15) is 0 Å². The van der Waals surface area contributed by atoms with Gasteiger partial charge in [-0.05, 0) is 52.7 Å². The zero-order valence-corrected chi connectivity index (χ0v) is 14.3. The molecule has 0 fully saturated rings. The first-order chi connectivity index (χ1) is 9.97. The highest BCUT2D eigenvalue weighted by molar-refractivity contribution is 9.10. The van der Waals surface area contributed by atoms with Crippen LogP contribution in [0.5, 0.6) is 0 Å². The number of rotatable bonds is 4. The summed E-state index contributed by atoms with van der Waals surface area (Å²) < 4.78 is 0.908. The van der Waals surface area contributed by atoms with Gasteiger partial charge in [-0.1, -0.05) is 35.3 Å². The van der Waals surface area contributed by atoms with E-state index >= 15 is 0 Å². The van der Waals surface area contributed by atoms with Crippen LogP contribution in [0.2, 0.25) is 10.0 Å². The van der Waals surface area contributed by atoms with Gasteiger partial charge in [-0.15, -0.1) is 0 Å². The number of halogens is 3. The molecule has 110 valence electrons. The molecular formula is C15H13BrCl2N2O. The highest BCUT2D eigenvalue weighted by Crippen LogP contribution is 2.29. The number of aryl methyl sites for hydroxylation is 1. The molecule has 0 aliphatic rings. The van der Waals surface area contributed by atoms with Crippen LogP contribution in [0.3, 0.4) is 0 Å². The highest BCUT2D eigenvalue weighted by atomic mass is 79.9. The van der Waals surface area contributed by atoms with Crippen LogP contribution in [0.25, 0.3) is 0 Å². The third-order valence-electron chi connectivity index (χ3n) is 2.79. The molecule has 0 saturated carbocycles. The summed E-state index contributed by atoms with van der Waals surface area (Å²) in [6.07, 6.45) is 0. The minimum absolute atomic E-state index is 0.114. The number of carbonyl (C=O) groups is 1. The Hall–Kier alpha value is -1.23. The zero-order chi connectivity index (χ0) is 15.4. The van der Waals surface area contributed by atoms with E-state index in [-0.39, 0.29) is 12.5 Å². The van der Waals surface area contributed by atoms with Gasteiger partial charge in [0, 0.05) is 10.2 Å². The van der Waals surface area contributed by atoms with E-state index in [1.807, 2.05) is 25.1 Å². The topological polar surface area (TPSA) is 41.1 Å². The fourth-order valence-corrected chi connectivity index (χ4v) is 2.87. The first-order valence-corrected chi connectivity index (χ1v) is 7.76. The van der Waals surface area contributed by atoms with Crippen LogP contribution in [0.4, 0.5) is 11.4 Å². The number of nitrogens with one attached hydrogen (secondary N) is 2. The van der Waals surface area contributed by atoms with Crippen molar-refractivity contribution in [3.8, 4) is 0 Å². The van der Waals surface area contributed by atoms with Crippen LogP contribution in [0.1, 0.15) is 5.56 Å². The average Bonchev–Trinajstić information content (AvgIpc) is 2.42. The Morgan fingerprint density at radius 3 is 2.48 bits per heavy atom. The van der Waals surface area contributed by atoms with Gasteiger partial charge < -0.3 is 10.6 Å². The van der Waals surface area contributed by atoms with Gasteiger partial charge in [0.25, 0.3) is 0 Å². The predicted molar refractivity (Wildman–Crippen MR) is 92.5 cm³/mol. The van der Waals surface area contributed by atoms with Crippen LogP contribution >= 0.6 is 39.1 Å². The molecule has 2 rings (SSSR count). The Balaban J connectivity index is 1.99. The molecule has 2 aromatic carbocycles. The first kappa shape index (κ1) is 16.1. The minimum atomic E-state index is -0.225. The van der Waals surface area contributed by atoms with Crippen molar-refractivity contribution < 1.29 is 4.79 Å². The standard InChI is InChI=1S/C15H13BrCl2N2O/c1-9-5-6-13(10(16)7-9)19-8-14(21)20-15-11(17)3-2-4-12(15)18/h2-7,19H,8H2,1H3,(H,20,21). The van der Waals surface area contributed by atoms with Crippen molar-refractivity contribution in [3.63, 3.8) is 0 Å². The van der Waals surface area contributed by atoms with E-state index < -0.39 is 0 Å². The van der Waals surface area contributed by atoms with E-state index in [0.717, 1.165) is 15.7 Å². The van der Waals surface area contributed by atoms with Gasteiger partial charge in [0.2, 0.25) is 5.91 Å². The number of benzene rings is 2. The van der Waals surface area contributed by atoms with Crippen molar-refractivity contribution in [3.05, 3.63) is 56.5 Å². The zero-order valence-electron chi connectivity index (χ0n) is 11.2. The van der Waals surface area contributed by atoms with E-state index in [9.17, 15) is 4.79 Å². The van der Waals surface area contributed by atoms with Crippen molar-refractivity contribution >= 4 is 56.4 Å². The van der Waals surface area contributed by atoms with E-state index in [2.05, 4.69) is 26.6 Å². The lowest BCUT2D eigenvalue weighted by molar-refractivity contribution is -0.114. The molecule has 1 amide bonds.